The molecular formula is C10H7ClN2O2. The van der Waals surface area contributed by atoms with Crippen LogP contribution in [0.15, 0.2) is 22.7 Å². The summed E-state index contributed by atoms with van der Waals surface area (Å²) in [6, 6.07) is 5.79. The molecule has 15 heavy (non-hydrogen) atoms. The number of ether oxygens (including phenoxy) is 1. The standard InChI is InChI=1S/C10H7ClN2O2/c11-10-12-9(15-13-10)7-1-2-8-6(5-7)3-4-14-8/h1-2,5H,3-4H2. The molecule has 1 aromatic carbocycles. The van der Waals surface area contributed by atoms with E-state index in [4.69, 9.17) is 20.9 Å². The van der Waals surface area contributed by atoms with Crippen LogP contribution in [0.25, 0.3) is 11.5 Å². The number of hydrogen-bond acceptors (Lipinski definition) is 4. The summed E-state index contributed by atoms with van der Waals surface area (Å²) in [7, 11) is 0. The molecule has 0 fully saturated rings. The summed E-state index contributed by atoms with van der Waals surface area (Å²) in [5.41, 5.74) is 2.04. The van der Waals surface area contributed by atoms with Crippen LogP contribution in [0.2, 0.25) is 5.28 Å². The lowest BCUT2D eigenvalue weighted by Gasteiger charge is -1.99. The van der Waals surface area contributed by atoms with Crippen LogP contribution in [0.4, 0.5) is 0 Å². The fourth-order valence-electron chi connectivity index (χ4n) is 1.64. The van der Waals surface area contributed by atoms with E-state index in [1.807, 2.05) is 18.2 Å². The van der Waals surface area contributed by atoms with Gasteiger partial charge in [0.1, 0.15) is 5.75 Å². The van der Waals surface area contributed by atoms with Gasteiger partial charge >= 0.3 is 0 Å². The fraction of sp³-hybridized carbons (Fsp3) is 0.200. The van der Waals surface area contributed by atoms with Crippen molar-refractivity contribution in [2.45, 2.75) is 6.42 Å². The fourth-order valence-corrected chi connectivity index (χ4v) is 1.75. The second-order valence-electron chi connectivity index (χ2n) is 3.29. The first-order valence-electron chi connectivity index (χ1n) is 4.58. The van der Waals surface area contributed by atoms with Gasteiger partial charge in [0.25, 0.3) is 11.2 Å². The lowest BCUT2D eigenvalue weighted by atomic mass is 10.1. The van der Waals surface area contributed by atoms with Crippen LogP contribution in [0.5, 0.6) is 5.75 Å². The smallest absolute Gasteiger partial charge is 0.264 e. The van der Waals surface area contributed by atoms with Crippen molar-refractivity contribution >= 4 is 11.6 Å². The zero-order valence-electron chi connectivity index (χ0n) is 7.74. The van der Waals surface area contributed by atoms with Gasteiger partial charge < -0.3 is 9.26 Å². The minimum absolute atomic E-state index is 0.127. The minimum atomic E-state index is 0.127. The number of halogens is 1. The molecule has 1 aliphatic heterocycles. The van der Waals surface area contributed by atoms with Crippen molar-refractivity contribution in [3.05, 3.63) is 29.0 Å². The predicted octanol–water partition coefficient (Wildman–Crippen LogP) is 2.32. The molecule has 0 amide bonds. The maximum atomic E-state index is 5.59. The molecular weight excluding hydrogens is 216 g/mol. The van der Waals surface area contributed by atoms with Crippen LogP contribution in [0.1, 0.15) is 5.56 Å². The molecule has 2 heterocycles. The molecule has 0 saturated carbocycles. The number of benzene rings is 1. The van der Waals surface area contributed by atoms with E-state index in [9.17, 15) is 0 Å². The highest BCUT2D eigenvalue weighted by molar-refractivity contribution is 6.28. The van der Waals surface area contributed by atoms with E-state index in [-0.39, 0.29) is 5.28 Å². The number of rotatable bonds is 1. The molecule has 0 saturated heterocycles. The van der Waals surface area contributed by atoms with Crippen molar-refractivity contribution in [2.24, 2.45) is 0 Å². The summed E-state index contributed by atoms with van der Waals surface area (Å²) in [6.07, 6.45) is 0.922. The summed E-state index contributed by atoms with van der Waals surface area (Å²) < 4.78 is 10.4. The molecule has 76 valence electrons. The van der Waals surface area contributed by atoms with E-state index >= 15 is 0 Å². The molecule has 2 aromatic rings. The Morgan fingerprint density at radius 2 is 2.27 bits per heavy atom. The molecule has 0 bridgehead atoms. The van der Waals surface area contributed by atoms with Gasteiger partial charge in [0.05, 0.1) is 6.61 Å². The molecule has 0 aliphatic carbocycles. The lowest BCUT2D eigenvalue weighted by molar-refractivity contribution is 0.357. The van der Waals surface area contributed by atoms with Gasteiger partial charge in [-0.1, -0.05) is 0 Å². The van der Waals surface area contributed by atoms with E-state index < -0.39 is 0 Å². The van der Waals surface area contributed by atoms with E-state index in [0.29, 0.717) is 5.89 Å². The quantitative estimate of drug-likeness (QED) is 0.743. The topological polar surface area (TPSA) is 48.2 Å². The summed E-state index contributed by atoms with van der Waals surface area (Å²) in [4.78, 5) is 3.95. The lowest BCUT2D eigenvalue weighted by Crippen LogP contribution is -1.85. The first-order chi connectivity index (χ1) is 7.33. The van der Waals surface area contributed by atoms with E-state index in [2.05, 4.69) is 10.1 Å². The van der Waals surface area contributed by atoms with Crippen molar-refractivity contribution in [2.75, 3.05) is 6.61 Å². The van der Waals surface area contributed by atoms with Gasteiger partial charge in [0.2, 0.25) is 0 Å². The Hall–Kier alpha value is -1.55. The first kappa shape index (κ1) is 8.73. The van der Waals surface area contributed by atoms with Crippen molar-refractivity contribution in [3.63, 3.8) is 0 Å². The average molecular weight is 223 g/mol. The number of hydrogen-bond donors (Lipinski definition) is 0. The Bertz CT molecular complexity index is 510. The normalized spacial score (nSPS) is 13.7. The Labute approximate surface area is 90.8 Å². The predicted molar refractivity (Wildman–Crippen MR) is 53.9 cm³/mol. The van der Waals surface area contributed by atoms with Crippen LogP contribution >= 0.6 is 11.6 Å². The summed E-state index contributed by atoms with van der Waals surface area (Å²) in [6.45, 7) is 0.739. The van der Waals surface area contributed by atoms with Crippen molar-refractivity contribution in [1.29, 1.82) is 0 Å². The van der Waals surface area contributed by atoms with Gasteiger partial charge in [-0.2, -0.15) is 4.98 Å². The highest BCUT2D eigenvalue weighted by Crippen LogP contribution is 2.29. The SMILES string of the molecule is Clc1noc(-c2ccc3c(c2)CCO3)n1. The van der Waals surface area contributed by atoms with Crippen molar-refractivity contribution in [1.82, 2.24) is 10.1 Å². The van der Waals surface area contributed by atoms with Crippen LogP contribution in [0, 0.1) is 0 Å². The summed E-state index contributed by atoms with van der Waals surface area (Å²) >= 11 is 5.59. The average Bonchev–Trinajstić information content (AvgIpc) is 2.84. The van der Waals surface area contributed by atoms with Crippen LogP contribution in [0.3, 0.4) is 0 Å². The van der Waals surface area contributed by atoms with E-state index in [1.54, 1.807) is 0 Å². The maximum Gasteiger partial charge on any atom is 0.264 e. The monoisotopic (exact) mass is 222 g/mol. The molecule has 3 rings (SSSR count). The number of nitrogens with zero attached hydrogens (tertiary/aromatic N) is 2. The molecule has 1 aromatic heterocycles. The van der Waals surface area contributed by atoms with Gasteiger partial charge in [-0.15, -0.1) is 0 Å². The Morgan fingerprint density at radius 3 is 3.07 bits per heavy atom. The molecule has 0 radical (unpaired) electrons. The van der Waals surface area contributed by atoms with Gasteiger partial charge in [-0.25, -0.2) is 0 Å². The minimum Gasteiger partial charge on any atom is -0.493 e. The molecule has 0 unspecified atom stereocenters. The Kier molecular flexibility index (Phi) is 1.89. The molecule has 4 nitrogen and oxygen atoms in total. The summed E-state index contributed by atoms with van der Waals surface area (Å²) in [5, 5.41) is 3.66. The zero-order chi connectivity index (χ0) is 10.3. The highest BCUT2D eigenvalue weighted by atomic mass is 35.5. The number of fused-ring (bicyclic) bond motifs is 1. The van der Waals surface area contributed by atoms with Crippen molar-refractivity contribution < 1.29 is 9.26 Å². The zero-order valence-corrected chi connectivity index (χ0v) is 8.49. The van der Waals surface area contributed by atoms with Crippen molar-refractivity contribution in [3.8, 4) is 17.2 Å². The van der Waals surface area contributed by atoms with Crippen LogP contribution < -0.4 is 4.74 Å². The second kappa shape index (κ2) is 3.24. The van der Waals surface area contributed by atoms with Gasteiger partial charge in [-0.3, -0.25) is 0 Å². The third-order valence-electron chi connectivity index (χ3n) is 2.34. The van der Waals surface area contributed by atoms with Crippen LogP contribution in [-0.4, -0.2) is 16.7 Å². The largest absolute Gasteiger partial charge is 0.493 e. The van der Waals surface area contributed by atoms with Crippen LogP contribution in [-0.2, 0) is 6.42 Å². The van der Waals surface area contributed by atoms with E-state index in [1.165, 1.54) is 5.56 Å². The van der Waals surface area contributed by atoms with E-state index in [0.717, 1.165) is 24.3 Å². The maximum absolute atomic E-state index is 5.59. The molecule has 0 N–H and O–H groups in total. The molecule has 0 atom stereocenters. The molecule has 0 spiro atoms. The molecule has 5 heteroatoms. The molecule has 1 aliphatic rings. The third-order valence-corrected chi connectivity index (χ3v) is 2.49. The summed E-state index contributed by atoms with van der Waals surface area (Å²) in [5.74, 6) is 1.37. The van der Waals surface area contributed by atoms with Gasteiger partial charge in [0.15, 0.2) is 0 Å². The Balaban J connectivity index is 2.06. The third kappa shape index (κ3) is 1.47. The second-order valence-corrected chi connectivity index (χ2v) is 3.63. The van der Waals surface area contributed by atoms with Gasteiger partial charge in [-0.05, 0) is 40.5 Å². The first-order valence-corrected chi connectivity index (χ1v) is 4.96. The highest BCUT2D eigenvalue weighted by Gasteiger charge is 2.15. The Morgan fingerprint density at radius 1 is 1.33 bits per heavy atom. The number of aromatic nitrogens is 2. The van der Waals surface area contributed by atoms with Gasteiger partial charge in [0, 0.05) is 12.0 Å².